The number of alkyl halides is 3. The predicted octanol–water partition coefficient (Wildman–Crippen LogP) is 4.15. The summed E-state index contributed by atoms with van der Waals surface area (Å²) in [4.78, 5) is 0. The van der Waals surface area contributed by atoms with E-state index in [1.54, 1.807) is 0 Å². The molecule has 0 spiro atoms. The molecule has 2 unspecified atom stereocenters. The fourth-order valence-corrected chi connectivity index (χ4v) is 2.36. The van der Waals surface area contributed by atoms with Crippen molar-refractivity contribution in [2.24, 2.45) is 5.92 Å². The molecule has 0 saturated heterocycles. The number of hydrogen-bond acceptors (Lipinski definition) is 2. The van der Waals surface area contributed by atoms with Gasteiger partial charge in [0.25, 0.3) is 0 Å². The Balaban J connectivity index is 2.56. The average Bonchev–Trinajstić information content (AvgIpc) is 2.44. The Morgan fingerprint density at radius 3 is 2.24 bits per heavy atom. The maximum Gasteiger partial charge on any atom is 0.416 e. The van der Waals surface area contributed by atoms with E-state index in [9.17, 15) is 13.2 Å². The van der Waals surface area contributed by atoms with Gasteiger partial charge in [-0.05, 0) is 49.9 Å². The summed E-state index contributed by atoms with van der Waals surface area (Å²) in [6, 6.07) is 5.25. The molecular formula is C16H24F3NO. The van der Waals surface area contributed by atoms with Crippen LogP contribution in [0.1, 0.15) is 50.3 Å². The van der Waals surface area contributed by atoms with Crippen molar-refractivity contribution >= 4 is 0 Å². The first-order chi connectivity index (χ1) is 9.88. The van der Waals surface area contributed by atoms with Crippen molar-refractivity contribution in [3.63, 3.8) is 0 Å². The molecule has 5 heteroatoms. The van der Waals surface area contributed by atoms with Crippen molar-refractivity contribution in [2.45, 2.75) is 45.3 Å². The van der Waals surface area contributed by atoms with Crippen LogP contribution < -0.4 is 5.32 Å². The van der Waals surface area contributed by atoms with Gasteiger partial charge >= 0.3 is 6.18 Å². The Bertz CT molecular complexity index is 397. The topological polar surface area (TPSA) is 32.3 Å². The number of hydrogen-bond donors (Lipinski definition) is 2. The van der Waals surface area contributed by atoms with Crippen LogP contribution in [0, 0.1) is 5.92 Å². The van der Waals surface area contributed by atoms with Crippen molar-refractivity contribution in [1.29, 1.82) is 0 Å². The minimum Gasteiger partial charge on any atom is -0.396 e. The second-order valence-electron chi connectivity index (χ2n) is 5.42. The summed E-state index contributed by atoms with van der Waals surface area (Å²) in [5.41, 5.74) is 0.213. The molecule has 120 valence electrons. The molecule has 0 heterocycles. The lowest BCUT2D eigenvalue weighted by atomic mass is 9.99. The third-order valence-corrected chi connectivity index (χ3v) is 3.68. The van der Waals surface area contributed by atoms with Crippen LogP contribution in [-0.2, 0) is 6.18 Å². The highest BCUT2D eigenvalue weighted by atomic mass is 19.4. The van der Waals surface area contributed by atoms with Crippen LogP contribution in [0.3, 0.4) is 0 Å². The Morgan fingerprint density at radius 1 is 1.14 bits per heavy atom. The molecule has 1 rings (SSSR count). The van der Waals surface area contributed by atoms with E-state index in [4.69, 9.17) is 5.11 Å². The van der Waals surface area contributed by atoms with E-state index in [-0.39, 0.29) is 12.6 Å². The number of aliphatic hydroxyl groups excluding tert-OH is 1. The molecule has 0 bridgehead atoms. The number of halogens is 3. The second kappa shape index (κ2) is 8.39. The number of benzene rings is 1. The summed E-state index contributed by atoms with van der Waals surface area (Å²) in [5, 5.41) is 12.4. The minimum atomic E-state index is -4.29. The molecule has 0 amide bonds. The van der Waals surface area contributed by atoms with E-state index >= 15 is 0 Å². The van der Waals surface area contributed by atoms with Crippen LogP contribution in [0.15, 0.2) is 24.3 Å². The highest BCUT2D eigenvalue weighted by Gasteiger charge is 2.30. The highest BCUT2D eigenvalue weighted by Crippen LogP contribution is 2.29. The Kier molecular flexibility index (Phi) is 7.18. The Hall–Kier alpha value is -1.07. The molecule has 0 aliphatic rings. The molecule has 0 aromatic heterocycles. The quantitative estimate of drug-likeness (QED) is 0.756. The first kappa shape index (κ1) is 18.0. The van der Waals surface area contributed by atoms with Gasteiger partial charge < -0.3 is 10.4 Å². The van der Waals surface area contributed by atoms with Crippen molar-refractivity contribution in [3.8, 4) is 0 Å². The van der Waals surface area contributed by atoms with Crippen LogP contribution >= 0.6 is 0 Å². The first-order valence-corrected chi connectivity index (χ1v) is 7.39. The van der Waals surface area contributed by atoms with Crippen LogP contribution in [0.2, 0.25) is 0 Å². The summed E-state index contributed by atoms with van der Waals surface area (Å²) in [7, 11) is 0. The lowest BCUT2D eigenvalue weighted by Gasteiger charge is -2.20. The maximum atomic E-state index is 12.5. The standard InChI is InChI=1S/C16H24F3NO/c1-3-4-13(9-10-21)11-20-12(2)14-5-7-15(8-6-14)16(17,18)19/h5-8,12-13,20-21H,3-4,9-11H2,1-2H3. The molecule has 2 nitrogen and oxygen atoms in total. The van der Waals surface area contributed by atoms with Crippen LogP contribution in [0.25, 0.3) is 0 Å². The Labute approximate surface area is 124 Å². The molecule has 0 fully saturated rings. The summed E-state index contributed by atoms with van der Waals surface area (Å²) < 4.78 is 37.5. The highest BCUT2D eigenvalue weighted by molar-refractivity contribution is 5.26. The minimum absolute atomic E-state index is 0.00895. The summed E-state index contributed by atoms with van der Waals surface area (Å²) in [6.45, 7) is 4.96. The number of rotatable bonds is 8. The molecule has 1 aromatic carbocycles. The SMILES string of the molecule is CCCC(CCO)CNC(C)c1ccc(C(F)(F)F)cc1. The Morgan fingerprint density at radius 2 is 1.76 bits per heavy atom. The van der Waals surface area contributed by atoms with Crippen LogP contribution in [-0.4, -0.2) is 18.3 Å². The van der Waals surface area contributed by atoms with Crippen molar-refractivity contribution in [2.75, 3.05) is 13.2 Å². The summed E-state index contributed by atoms with van der Waals surface area (Å²) in [5.74, 6) is 0.400. The van der Waals surface area contributed by atoms with Gasteiger partial charge in [-0.3, -0.25) is 0 Å². The van der Waals surface area contributed by atoms with Gasteiger partial charge in [-0.2, -0.15) is 13.2 Å². The third-order valence-electron chi connectivity index (χ3n) is 3.68. The van der Waals surface area contributed by atoms with Gasteiger partial charge in [0.05, 0.1) is 5.56 Å². The molecule has 0 saturated carbocycles. The zero-order valence-corrected chi connectivity index (χ0v) is 12.6. The average molecular weight is 303 g/mol. The monoisotopic (exact) mass is 303 g/mol. The van der Waals surface area contributed by atoms with Crippen molar-refractivity contribution in [3.05, 3.63) is 35.4 Å². The lowest BCUT2D eigenvalue weighted by Crippen LogP contribution is -2.26. The molecule has 2 N–H and O–H groups in total. The van der Waals surface area contributed by atoms with E-state index in [2.05, 4.69) is 12.2 Å². The summed E-state index contributed by atoms with van der Waals surface area (Å²) in [6.07, 6.45) is -1.45. The second-order valence-corrected chi connectivity index (χ2v) is 5.42. The van der Waals surface area contributed by atoms with Gasteiger partial charge in [0, 0.05) is 12.6 Å². The molecule has 0 aliphatic heterocycles. The first-order valence-electron chi connectivity index (χ1n) is 7.39. The van der Waals surface area contributed by atoms with Crippen LogP contribution in [0.5, 0.6) is 0 Å². The smallest absolute Gasteiger partial charge is 0.396 e. The normalized spacial score (nSPS) is 15.0. The van der Waals surface area contributed by atoms with Crippen LogP contribution in [0.4, 0.5) is 13.2 Å². The van der Waals surface area contributed by atoms with Gasteiger partial charge in [-0.25, -0.2) is 0 Å². The van der Waals surface area contributed by atoms with Crippen molar-refractivity contribution < 1.29 is 18.3 Å². The number of nitrogens with one attached hydrogen (secondary N) is 1. The van der Waals surface area contributed by atoms with Crippen molar-refractivity contribution in [1.82, 2.24) is 5.32 Å². The number of aliphatic hydroxyl groups is 1. The van der Waals surface area contributed by atoms with Gasteiger partial charge in [0.1, 0.15) is 0 Å². The van der Waals surface area contributed by atoms with Gasteiger partial charge in [-0.1, -0.05) is 25.5 Å². The third kappa shape index (κ3) is 6.06. The van der Waals surface area contributed by atoms with Gasteiger partial charge in [-0.15, -0.1) is 0 Å². The van der Waals surface area contributed by atoms with E-state index in [1.165, 1.54) is 12.1 Å². The molecule has 21 heavy (non-hydrogen) atoms. The fourth-order valence-electron chi connectivity index (χ4n) is 2.36. The van der Waals surface area contributed by atoms with Gasteiger partial charge in [0.2, 0.25) is 0 Å². The molecule has 2 atom stereocenters. The van der Waals surface area contributed by atoms with E-state index < -0.39 is 11.7 Å². The molecule has 0 radical (unpaired) electrons. The maximum absolute atomic E-state index is 12.5. The fraction of sp³-hybridized carbons (Fsp3) is 0.625. The van der Waals surface area contributed by atoms with E-state index in [0.29, 0.717) is 5.92 Å². The summed E-state index contributed by atoms with van der Waals surface area (Å²) >= 11 is 0. The lowest BCUT2D eigenvalue weighted by molar-refractivity contribution is -0.137. The molecule has 1 aromatic rings. The predicted molar refractivity (Wildman–Crippen MR) is 78.0 cm³/mol. The zero-order chi connectivity index (χ0) is 15.9. The molecular weight excluding hydrogens is 279 g/mol. The molecule has 0 aliphatic carbocycles. The zero-order valence-electron chi connectivity index (χ0n) is 12.6. The van der Waals surface area contributed by atoms with E-state index in [1.807, 2.05) is 6.92 Å². The van der Waals surface area contributed by atoms with Gasteiger partial charge in [0.15, 0.2) is 0 Å². The van der Waals surface area contributed by atoms with E-state index in [0.717, 1.165) is 43.5 Å². The largest absolute Gasteiger partial charge is 0.416 e.